The van der Waals surface area contributed by atoms with E-state index >= 15 is 0 Å². The van der Waals surface area contributed by atoms with Crippen LogP contribution in [0.2, 0.25) is 10.0 Å². The number of imide groups is 1. The van der Waals surface area contributed by atoms with Crippen LogP contribution in [0.15, 0.2) is 46.9 Å². The van der Waals surface area contributed by atoms with Gasteiger partial charge in [0.2, 0.25) is 6.41 Å². The van der Waals surface area contributed by atoms with E-state index in [1.807, 2.05) is 18.2 Å². The second kappa shape index (κ2) is 16.6. The predicted octanol–water partition coefficient (Wildman–Crippen LogP) is 6.03. The number of carbonyl (C=O) groups excluding carboxylic acids is 3. The number of nitrogens with zero attached hydrogens (tertiary/aromatic N) is 2. The number of carbonyl (C=O) groups is 2. The van der Waals surface area contributed by atoms with E-state index in [-0.39, 0.29) is 51.2 Å². The lowest BCUT2D eigenvalue weighted by Gasteiger charge is -2.43. The fourth-order valence-electron chi connectivity index (χ4n) is 3.96. The largest absolute Gasteiger partial charge is 0.455 e. The maximum Gasteiger partial charge on any atom is 0.286 e. The molecule has 0 aromatic heterocycles. The Hall–Kier alpha value is -3.57. The molecule has 0 heterocycles. The molecule has 0 spiro atoms. The summed E-state index contributed by atoms with van der Waals surface area (Å²) in [6, 6.07) is 2.94. The molecule has 0 saturated heterocycles. The first-order chi connectivity index (χ1) is 19.3. The number of benzene rings is 1. The third-order valence-corrected chi connectivity index (χ3v) is 6.97. The summed E-state index contributed by atoms with van der Waals surface area (Å²) in [6.07, 6.45) is 10.4. The third kappa shape index (κ3) is 10.4. The molecule has 1 aliphatic rings. The molecule has 0 radical (unpaired) electrons. The van der Waals surface area contributed by atoms with E-state index in [2.05, 4.69) is 36.8 Å². The fourth-order valence-corrected chi connectivity index (χ4v) is 4.51. The Morgan fingerprint density at radius 1 is 1.34 bits per heavy atom. The lowest BCUT2D eigenvalue weighted by molar-refractivity contribution is -0.120. The molecule has 2 rings (SSSR count). The number of hydrogen-bond donors (Lipinski definition) is 2. The number of hydrazone groups is 1. The van der Waals surface area contributed by atoms with Crippen molar-refractivity contribution in [2.24, 2.45) is 16.9 Å². The van der Waals surface area contributed by atoms with Crippen molar-refractivity contribution in [3.8, 4) is 18.1 Å². The van der Waals surface area contributed by atoms with Crippen LogP contribution in [-0.2, 0) is 14.4 Å². The van der Waals surface area contributed by atoms with Crippen LogP contribution in [-0.4, -0.2) is 43.7 Å². The molecule has 1 fully saturated rings. The van der Waals surface area contributed by atoms with Gasteiger partial charge in [0.25, 0.3) is 5.91 Å². The first-order valence-corrected chi connectivity index (χ1v) is 13.8. The monoisotopic (exact) mass is 606 g/mol. The number of alkyl halides is 1. The molecular weight excluding hydrogens is 570 g/mol. The number of halogens is 3. The summed E-state index contributed by atoms with van der Waals surface area (Å²) in [5, 5.41) is 10.1. The topological polar surface area (TPSA) is 100 Å². The molecule has 2 amide bonds. The quantitative estimate of drug-likeness (QED) is 0.0573. The zero-order chi connectivity index (χ0) is 31.3. The normalized spacial score (nSPS) is 18.7. The van der Waals surface area contributed by atoms with Gasteiger partial charge in [-0.15, -0.1) is 6.42 Å². The molecule has 1 aromatic rings. The number of anilines is 1. The summed E-state index contributed by atoms with van der Waals surface area (Å²) in [4.78, 5) is 33.8. The first kappa shape index (κ1) is 35.5. The molecule has 8 nitrogen and oxygen atoms in total. The Balaban J connectivity index is 0.00000196. The van der Waals surface area contributed by atoms with Crippen LogP contribution in [0.25, 0.3) is 0 Å². The molecule has 1 saturated carbocycles. The molecule has 1 aromatic carbocycles. The van der Waals surface area contributed by atoms with E-state index in [0.29, 0.717) is 24.1 Å². The van der Waals surface area contributed by atoms with Gasteiger partial charge in [-0.25, -0.2) is 9.18 Å². The van der Waals surface area contributed by atoms with Crippen LogP contribution in [0.5, 0.6) is 5.75 Å². The van der Waals surface area contributed by atoms with Crippen LogP contribution in [0.3, 0.4) is 0 Å². The Kier molecular flexibility index (Phi) is 14.4. The Morgan fingerprint density at radius 3 is 2.32 bits per heavy atom. The predicted molar refractivity (Wildman–Crippen MR) is 163 cm³/mol. The smallest absolute Gasteiger partial charge is 0.286 e. The molecule has 222 valence electrons. The minimum Gasteiger partial charge on any atom is -0.455 e. The van der Waals surface area contributed by atoms with Crippen LogP contribution < -0.4 is 20.4 Å². The molecule has 41 heavy (non-hydrogen) atoms. The van der Waals surface area contributed by atoms with Crippen molar-refractivity contribution in [3.63, 3.8) is 0 Å². The molecule has 11 heteroatoms. The van der Waals surface area contributed by atoms with Crippen molar-refractivity contribution in [2.45, 2.75) is 59.0 Å². The van der Waals surface area contributed by atoms with Crippen molar-refractivity contribution in [1.82, 2.24) is 10.6 Å². The van der Waals surface area contributed by atoms with Gasteiger partial charge in [0.05, 0.1) is 15.7 Å². The maximum atomic E-state index is 14.1. The van der Waals surface area contributed by atoms with Crippen LogP contribution >= 0.6 is 23.2 Å². The average molecular weight is 608 g/mol. The number of terminal acetylenes is 1. The van der Waals surface area contributed by atoms with E-state index in [1.54, 1.807) is 20.0 Å². The van der Waals surface area contributed by atoms with E-state index in [4.69, 9.17) is 34.4 Å². The number of nitrogens with one attached hydrogen (secondary N) is 2. The number of amides is 2. The minimum absolute atomic E-state index is 0.0369. The van der Waals surface area contributed by atoms with Crippen LogP contribution in [0, 0.1) is 24.2 Å². The van der Waals surface area contributed by atoms with Crippen LogP contribution in [0.4, 0.5) is 10.1 Å². The van der Waals surface area contributed by atoms with Gasteiger partial charge < -0.3 is 10.1 Å². The Labute approximate surface area is 251 Å². The second-order valence-corrected chi connectivity index (χ2v) is 10.5. The van der Waals surface area contributed by atoms with E-state index in [9.17, 15) is 18.8 Å². The second-order valence-electron chi connectivity index (χ2n) is 9.71. The number of unbranched alkanes of at least 4 members (excludes halogenated alkanes) is 1. The standard InChI is InChI=1S/C26H27Cl2FN4O4.C4H10/c1-7-22(25(36)31-14-35)32-33(6)18-9-20(27)24(21(28)10-18)37-15(2)8-19(23(13-34)30-5)16(3)17-11-26(4,29)12-17;1-3-4-2/h1,8-10,14,16-17,30H,2,11-12H2,3-6H3,(H,31,35,36);3-4H2,1-2H3/b19-8-,32-22-;. The number of likely N-dealkylation sites (N-methyl/N-ethyl adjacent to an activating group) is 1. The summed E-state index contributed by atoms with van der Waals surface area (Å²) in [7, 11) is 3.08. The van der Waals surface area contributed by atoms with Crippen molar-refractivity contribution in [1.29, 1.82) is 0 Å². The molecule has 1 atom stereocenters. The highest BCUT2D eigenvalue weighted by Gasteiger charge is 2.44. The third-order valence-electron chi connectivity index (χ3n) is 6.41. The van der Waals surface area contributed by atoms with Gasteiger partial charge >= 0.3 is 0 Å². The lowest BCUT2D eigenvalue weighted by Crippen LogP contribution is -2.41. The van der Waals surface area contributed by atoms with Crippen molar-refractivity contribution in [3.05, 3.63) is 51.9 Å². The van der Waals surface area contributed by atoms with E-state index in [1.165, 1.54) is 37.0 Å². The summed E-state index contributed by atoms with van der Waals surface area (Å²) in [6.45, 7) is 11.7. The highest BCUT2D eigenvalue weighted by molar-refractivity contribution is 6.47. The van der Waals surface area contributed by atoms with Gasteiger partial charge in [-0.3, -0.25) is 19.9 Å². The van der Waals surface area contributed by atoms with Crippen molar-refractivity contribution in [2.75, 3.05) is 19.1 Å². The number of rotatable bonds is 12. The zero-order valence-electron chi connectivity index (χ0n) is 24.2. The molecule has 0 bridgehead atoms. The maximum absolute atomic E-state index is 14.1. The highest BCUT2D eigenvalue weighted by atomic mass is 35.5. The van der Waals surface area contributed by atoms with Gasteiger partial charge in [0, 0.05) is 14.1 Å². The first-order valence-electron chi connectivity index (χ1n) is 13.0. The highest BCUT2D eigenvalue weighted by Crippen LogP contribution is 2.47. The molecular formula is C30H37Cl2FN4O4. The van der Waals surface area contributed by atoms with Gasteiger partial charge in [0.1, 0.15) is 23.1 Å². The molecule has 0 aliphatic heterocycles. The van der Waals surface area contributed by atoms with E-state index < -0.39 is 11.6 Å². The summed E-state index contributed by atoms with van der Waals surface area (Å²) in [5.41, 5.74) is -0.423. The Morgan fingerprint density at radius 2 is 1.90 bits per heavy atom. The Bertz CT molecular complexity index is 1250. The number of hydrogen-bond acceptors (Lipinski definition) is 7. The molecule has 2 N–H and O–H groups in total. The minimum atomic E-state index is -1.22. The summed E-state index contributed by atoms with van der Waals surface area (Å²) in [5.74, 6) is 3.21. The molecule has 1 unspecified atom stereocenters. The average Bonchev–Trinajstić information content (AvgIpc) is 2.91. The van der Waals surface area contributed by atoms with E-state index in [0.717, 1.165) is 0 Å². The van der Waals surface area contributed by atoms with Gasteiger partial charge in [-0.1, -0.05) is 63.4 Å². The lowest BCUT2D eigenvalue weighted by atomic mass is 9.65. The molecule has 1 aliphatic carbocycles. The number of allylic oxidation sites excluding steroid dienone is 2. The van der Waals surface area contributed by atoms with Crippen molar-refractivity contribution >= 4 is 52.9 Å². The summed E-state index contributed by atoms with van der Waals surface area (Å²) >= 11 is 12.8. The SMILES string of the molecule is C#C/C(=N/N(C)c1cc(Cl)c(OC(=C)/C=C(\C(=C=O)NC)C(C)C2CC(C)(F)C2)c(Cl)c1)C(=O)NC=O.CCCC. The van der Waals surface area contributed by atoms with Gasteiger partial charge in [0.15, 0.2) is 11.5 Å². The van der Waals surface area contributed by atoms with Gasteiger partial charge in [-0.2, -0.15) is 5.10 Å². The fraction of sp³-hybridized carbons (Fsp3) is 0.433. The zero-order valence-corrected chi connectivity index (χ0v) is 25.8. The van der Waals surface area contributed by atoms with Crippen molar-refractivity contribution < 1.29 is 23.5 Å². The van der Waals surface area contributed by atoms with Gasteiger partial charge in [-0.05, 0) is 61.3 Å². The van der Waals surface area contributed by atoms with Crippen LogP contribution in [0.1, 0.15) is 53.4 Å². The number of ether oxygens (including phenoxy) is 1. The summed E-state index contributed by atoms with van der Waals surface area (Å²) < 4.78 is 19.9.